The van der Waals surface area contributed by atoms with Gasteiger partial charge in [0.05, 0.1) is 0 Å². The fourth-order valence-electron chi connectivity index (χ4n) is 2.44. The summed E-state index contributed by atoms with van der Waals surface area (Å²) in [5.41, 5.74) is 7.06. The van der Waals surface area contributed by atoms with Crippen molar-refractivity contribution in [1.29, 1.82) is 0 Å². The third-order valence-corrected chi connectivity index (χ3v) is 3.48. The van der Waals surface area contributed by atoms with Gasteiger partial charge in [-0.3, -0.25) is 25.2 Å². The van der Waals surface area contributed by atoms with Gasteiger partial charge in [-0.2, -0.15) is 0 Å². The average Bonchev–Trinajstić information content (AvgIpc) is 2.99. The van der Waals surface area contributed by atoms with Crippen molar-refractivity contribution in [3.8, 4) is 0 Å². The number of aryl methyl sites for hydroxylation is 2. The maximum absolute atomic E-state index is 12.1. The number of carbonyl (C=O) groups is 3. The van der Waals surface area contributed by atoms with Crippen molar-refractivity contribution in [3.63, 3.8) is 0 Å². The van der Waals surface area contributed by atoms with E-state index in [-0.39, 0.29) is 11.5 Å². The first-order chi connectivity index (χ1) is 10.3. The van der Waals surface area contributed by atoms with E-state index in [1.54, 1.807) is 43.8 Å². The molecule has 0 radical (unpaired) electrons. The second-order valence-corrected chi connectivity index (χ2v) is 5.09. The monoisotopic (exact) mass is 302 g/mol. The molecule has 0 fully saturated rings. The highest BCUT2D eigenvalue weighted by atomic mass is 16.2. The van der Waals surface area contributed by atoms with Crippen LogP contribution in [-0.4, -0.2) is 27.1 Å². The third-order valence-electron chi connectivity index (χ3n) is 3.48. The van der Waals surface area contributed by atoms with Crippen LogP contribution in [0.5, 0.6) is 0 Å². The van der Waals surface area contributed by atoms with E-state index < -0.39 is 11.8 Å². The Labute approximate surface area is 127 Å². The van der Waals surface area contributed by atoms with Crippen LogP contribution in [0.2, 0.25) is 0 Å². The van der Waals surface area contributed by atoms with Gasteiger partial charge in [0.25, 0.3) is 11.8 Å². The Kier molecular flexibility index (Phi) is 4.16. The molecule has 0 spiro atoms. The van der Waals surface area contributed by atoms with Gasteiger partial charge in [0.15, 0.2) is 5.78 Å². The van der Waals surface area contributed by atoms with Gasteiger partial charge < -0.3 is 9.55 Å². The number of carbonyl (C=O) groups excluding carboxylic acids is 3. The molecule has 0 aromatic carbocycles. The lowest BCUT2D eigenvalue weighted by Crippen LogP contribution is -2.42. The summed E-state index contributed by atoms with van der Waals surface area (Å²) < 4.78 is 1.64. The molecule has 2 aromatic heterocycles. The van der Waals surface area contributed by atoms with Crippen LogP contribution < -0.4 is 10.9 Å². The first-order valence-corrected chi connectivity index (χ1v) is 6.75. The molecule has 116 valence electrons. The number of aromatic nitrogens is 2. The molecule has 2 rings (SSSR count). The zero-order chi connectivity index (χ0) is 16.4. The summed E-state index contributed by atoms with van der Waals surface area (Å²) >= 11 is 0. The van der Waals surface area contributed by atoms with Crippen molar-refractivity contribution in [3.05, 3.63) is 46.5 Å². The minimum Gasteiger partial charge on any atom is -0.354 e. The van der Waals surface area contributed by atoms with Gasteiger partial charge in [0.1, 0.15) is 11.4 Å². The number of ketones is 1. The Morgan fingerprint density at radius 3 is 2.27 bits per heavy atom. The molecule has 2 aromatic rings. The minimum atomic E-state index is -0.504. The number of nitrogens with zero attached hydrogens (tertiary/aromatic N) is 1. The predicted molar refractivity (Wildman–Crippen MR) is 80.6 cm³/mol. The maximum Gasteiger partial charge on any atom is 0.286 e. The van der Waals surface area contributed by atoms with Crippen LogP contribution in [0.3, 0.4) is 0 Å². The zero-order valence-electron chi connectivity index (χ0n) is 12.9. The maximum atomic E-state index is 12.1. The quantitative estimate of drug-likeness (QED) is 0.588. The van der Waals surface area contributed by atoms with Crippen LogP contribution in [0.25, 0.3) is 0 Å². The molecular weight excluding hydrogens is 284 g/mol. The lowest BCUT2D eigenvalue weighted by atomic mass is 10.1. The largest absolute Gasteiger partial charge is 0.354 e. The molecule has 2 amide bonds. The van der Waals surface area contributed by atoms with Crippen LogP contribution in [-0.2, 0) is 7.05 Å². The topological polar surface area (TPSA) is 96.0 Å². The van der Waals surface area contributed by atoms with E-state index >= 15 is 0 Å². The average molecular weight is 302 g/mol. The van der Waals surface area contributed by atoms with Gasteiger partial charge in [-0.25, -0.2) is 0 Å². The van der Waals surface area contributed by atoms with E-state index in [2.05, 4.69) is 15.8 Å². The van der Waals surface area contributed by atoms with Gasteiger partial charge >= 0.3 is 0 Å². The second-order valence-electron chi connectivity index (χ2n) is 5.09. The Hall–Kier alpha value is -2.83. The summed E-state index contributed by atoms with van der Waals surface area (Å²) in [5, 5.41) is 0. The number of nitrogens with one attached hydrogen (secondary N) is 3. The zero-order valence-corrected chi connectivity index (χ0v) is 12.9. The van der Waals surface area contributed by atoms with E-state index in [4.69, 9.17) is 0 Å². The first kappa shape index (κ1) is 15.6. The number of hydrazine groups is 1. The molecule has 7 heteroatoms. The summed E-state index contributed by atoms with van der Waals surface area (Å²) in [4.78, 5) is 38.5. The summed E-state index contributed by atoms with van der Waals surface area (Å²) in [6.07, 6.45) is 1.73. The molecule has 0 bridgehead atoms. The summed E-state index contributed by atoms with van der Waals surface area (Å²) in [5.74, 6) is -1.04. The highest BCUT2D eigenvalue weighted by Crippen LogP contribution is 2.18. The third kappa shape index (κ3) is 2.78. The number of hydrogen-bond acceptors (Lipinski definition) is 3. The van der Waals surface area contributed by atoms with Crippen molar-refractivity contribution in [1.82, 2.24) is 20.4 Å². The molecule has 0 aliphatic carbocycles. The normalized spacial score (nSPS) is 10.4. The standard InChI is InChI=1S/C15H18N4O3/c1-8-12(10(3)20)9(2)16-13(8)15(22)18-17-14(21)11-6-5-7-19(11)4/h5-7,16H,1-4H3,(H,17,21)(H,18,22). The van der Waals surface area contributed by atoms with Crippen molar-refractivity contribution >= 4 is 17.6 Å². The molecular formula is C15H18N4O3. The molecule has 0 saturated carbocycles. The Bertz CT molecular complexity index is 755. The van der Waals surface area contributed by atoms with Crippen LogP contribution in [0.4, 0.5) is 0 Å². The Morgan fingerprint density at radius 1 is 1.14 bits per heavy atom. The van der Waals surface area contributed by atoms with Crippen LogP contribution in [0.1, 0.15) is 49.5 Å². The van der Waals surface area contributed by atoms with Crippen molar-refractivity contribution in [2.24, 2.45) is 7.05 Å². The van der Waals surface area contributed by atoms with Gasteiger partial charge in [-0.1, -0.05) is 0 Å². The number of amides is 2. The fraction of sp³-hybridized carbons (Fsp3) is 0.267. The van der Waals surface area contributed by atoms with E-state index in [0.29, 0.717) is 22.5 Å². The molecule has 0 atom stereocenters. The van der Waals surface area contributed by atoms with Crippen LogP contribution >= 0.6 is 0 Å². The SMILES string of the molecule is CC(=O)c1c(C)[nH]c(C(=O)NNC(=O)c2cccn2C)c1C. The number of Topliss-reactive ketones (excluding diaryl/α,β-unsaturated/α-hetero) is 1. The molecule has 3 N–H and O–H groups in total. The molecule has 0 aliphatic heterocycles. The summed E-state index contributed by atoms with van der Waals surface area (Å²) in [6.45, 7) is 4.86. The number of rotatable bonds is 3. The fourth-order valence-corrected chi connectivity index (χ4v) is 2.44. The molecule has 0 unspecified atom stereocenters. The summed E-state index contributed by atoms with van der Waals surface area (Å²) in [7, 11) is 1.73. The molecule has 22 heavy (non-hydrogen) atoms. The van der Waals surface area contributed by atoms with E-state index in [1.807, 2.05) is 0 Å². The van der Waals surface area contributed by atoms with Gasteiger partial charge in [-0.05, 0) is 38.5 Å². The highest BCUT2D eigenvalue weighted by molar-refractivity contribution is 6.03. The van der Waals surface area contributed by atoms with Crippen molar-refractivity contribution < 1.29 is 14.4 Å². The van der Waals surface area contributed by atoms with Gasteiger partial charge in [0, 0.05) is 24.5 Å². The number of hydrogen-bond donors (Lipinski definition) is 3. The van der Waals surface area contributed by atoms with Crippen molar-refractivity contribution in [2.75, 3.05) is 0 Å². The van der Waals surface area contributed by atoms with Crippen LogP contribution in [0, 0.1) is 13.8 Å². The van der Waals surface area contributed by atoms with E-state index in [9.17, 15) is 14.4 Å². The second kappa shape index (κ2) is 5.88. The molecule has 7 nitrogen and oxygen atoms in total. The summed E-state index contributed by atoms with van der Waals surface area (Å²) in [6, 6.07) is 3.37. The smallest absolute Gasteiger partial charge is 0.286 e. The number of H-pyrrole nitrogens is 1. The molecule has 2 heterocycles. The molecule has 0 aliphatic rings. The van der Waals surface area contributed by atoms with Gasteiger partial charge in [0.2, 0.25) is 0 Å². The lowest BCUT2D eigenvalue weighted by Gasteiger charge is -2.07. The van der Waals surface area contributed by atoms with Gasteiger partial charge in [-0.15, -0.1) is 0 Å². The first-order valence-electron chi connectivity index (χ1n) is 6.75. The molecule has 0 saturated heterocycles. The highest BCUT2D eigenvalue weighted by Gasteiger charge is 2.20. The lowest BCUT2D eigenvalue weighted by molar-refractivity contribution is 0.0839. The van der Waals surface area contributed by atoms with E-state index in [0.717, 1.165) is 0 Å². The van der Waals surface area contributed by atoms with E-state index in [1.165, 1.54) is 6.92 Å². The predicted octanol–water partition coefficient (Wildman–Crippen LogP) is 1.25. The van der Waals surface area contributed by atoms with Crippen LogP contribution in [0.15, 0.2) is 18.3 Å². The minimum absolute atomic E-state index is 0.113. The van der Waals surface area contributed by atoms with Crippen molar-refractivity contribution in [2.45, 2.75) is 20.8 Å². The Balaban J connectivity index is 2.11. The Morgan fingerprint density at radius 2 is 1.77 bits per heavy atom. The number of aromatic amines is 1.